The van der Waals surface area contributed by atoms with Gasteiger partial charge in [-0.25, -0.2) is 9.18 Å². The number of nitrogens with one attached hydrogen (secondary N) is 1. The van der Waals surface area contributed by atoms with Crippen molar-refractivity contribution in [3.8, 4) is 0 Å². The number of aliphatic carboxylic acids is 1. The van der Waals surface area contributed by atoms with Gasteiger partial charge in [-0.2, -0.15) is 0 Å². The Balaban J connectivity index is 1.86. The van der Waals surface area contributed by atoms with Gasteiger partial charge in [0, 0.05) is 12.2 Å². The molecule has 1 aromatic carbocycles. The molecule has 0 bridgehead atoms. The van der Waals surface area contributed by atoms with Gasteiger partial charge in [-0.1, -0.05) is 6.92 Å². The molecule has 26 heavy (non-hydrogen) atoms. The zero-order valence-corrected chi connectivity index (χ0v) is 15.6. The van der Waals surface area contributed by atoms with Crippen LogP contribution in [0.5, 0.6) is 0 Å². The highest BCUT2D eigenvalue weighted by atomic mass is 32.2. The number of thioether (sulfide) groups is 1. The smallest absolute Gasteiger partial charge is 0.326 e. The number of nitrogens with zero attached hydrogens (tertiary/aromatic N) is 1. The average molecular weight is 382 g/mol. The summed E-state index contributed by atoms with van der Waals surface area (Å²) in [6, 6.07) is 4.61. The minimum absolute atomic E-state index is 0.0479. The van der Waals surface area contributed by atoms with Gasteiger partial charge >= 0.3 is 5.97 Å². The van der Waals surface area contributed by atoms with Gasteiger partial charge in [-0.3, -0.25) is 9.59 Å². The van der Waals surface area contributed by atoms with Crippen LogP contribution in [-0.2, 0) is 14.4 Å². The minimum atomic E-state index is -0.990. The minimum Gasteiger partial charge on any atom is -0.480 e. The van der Waals surface area contributed by atoms with Gasteiger partial charge < -0.3 is 15.3 Å². The second-order valence-electron chi connectivity index (χ2n) is 6.52. The number of carbonyl (C=O) groups is 3. The molecule has 3 atom stereocenters. The van der Waals surface area contributed by atoms with Crippen LogP contribution in [0.25, 0.3) is 0 Å². The number of carboxylic acid groups (broad SMARTS) is 1. The number of benzene rings is 1. The van der Waals surface area contributed by atoms with Gasteiger partial charge in [0.05, 0.1) is 11.0 Å². The third kappa shape index (κ3) is 5.45. The lowest BCUT2D eigenvalue weighted by atomic mass is 9.92. The summed E-state index contributed by atoms with van der Waals surface area (Å²) in [6.45, 7) is 4.08. The number of hydrogen-bond donors (Lipinski definition) is 2. The van der Waals surface area contributed by atoms with Crippen LogP contribution >= 0.6 is 11.8 Å². The van der Waals surface area contributed by atoms with Crippen LogP contribution < -0.4 is 5.32 Å². The fraction of sp³-hybridized carbons (Fsp3) is 0.500. The maximum Gasteiger partial charge on any atom is 0.326 e. The number of rotatable bonds is 6. The van der Waals surface area contributed by atoms with Crippen LogP contribution in [-0.4, -0.2) is 51.4 Å². The number of likely N-dealkylation sites (tertiary alicyclic amines) is 1. The SMILES string of the molecule is CC1CCN(C(=O)C(C)SCC(=O)Nc2ccc(F)cc2)C(C(=O)O)C1. The Bertz CT molecular complexity index is 668. The zero-order valence-electron chi connectivity index (χ0n) is 14.8. The summed E-state index contributed by atoms with van der Waals surface area (Å²) in [5.41, 5.74) is 0.479. The van der Waals surface area contributed by atoms with Gasteiger partial charge in [-0.15, -0.1) is 11.8 Å². The summed E-state index contributed by atoms with van der Waals surface area (Å²) >= 11 is 1.15. The number of halogens is 1. The van der Waals surface area contributed by atoms with E-state index in [4.69, 9.17) is 0 Å². The molecule has 0 saturated carbocycles. The highest BCUT2D eigenvalue weighted by molar-refractivity contribution is 8.01. The summed E-state index contributed by atoms with van der Waals surface area (Å²) in [4.78, 5) is 37.4. The molecule has 3 unspecified atom stereocenters. The molecule has 0 spiro atoms. The van der Waals surface area contributed by atoms with Gasteiger partial charge in [0.25, 0.3) is 0 Å². The predicted molar refractivity (Wildman–Crippen MR) is 98.5 cm³/mol. The largest absolute Gasteiger partial charge is 0.480 e. The first-order chi connectivity index (χ1) is 12.3. The standard InChI is InChI=1S/C18H23FN2O4S/c1-11-7-8-21(15(9-11)18(24)25)17(23)12(2)26-10-16(22)20-14-5-3-13(19)4-6-14/h3-6,11-12,15H,7-10H2,1-2H3,(H,20,22)(H,24,25). The molecule has 1 fully saturated rings. The molecular formula is C18H23FN2O4S. The van der Waals surface area contributed by atoms with Crippen molar-refractivity contribution in [3.05, 3.63) is 30.1 Å². The molecule has 1 saturated heterocycles. The van der Waals surface area contributed by atoms with Crippen molar-refractivity contribution in [1.29, 1.82) is 0 Å². The normalized spacial score (nSPS) is 21.1. The molecule has 8 heteroatoms. The van der Waals surface area contributed by atoms with Crippen molar-refractivity contribution in [2.24, 2.45) is 5.92 Å². The van der Waals surface area contributed by atoms with E-state index in [0.29, 0.717) is 18.7 Å². The fourth-order valence-corrected chi connectivity index (χ4v) is 3.63. The van der Waals surface area contributed by atoms with Crippen molar-refractivity contribution in [1.82, 2.24) is 4.90 Å². The number of anilines is 1. The van der Waals surface area contributed by atoms with E-state index in [2.05, 4.69) is 5.32 Å². The fourth-order valence-electron chi connectivity index (χ4n) is 2.88. The van der Waals surface area contributed by atoms with Crippen LogP contribution in [0, 0.1) is 11.7 Å². The first kappa shape index (κ1) is 20.2. The van der Waals surface area contributed by atoms with Gasteiger partial charge in [-0.05, 0) is 49.9 Å². The lowest BCUT2D eigenvalue weighted by molar-refractivity contribution is -0.152. The van der Waals surface area contributed by atoms with Crippen molar-refractivity contribution in [3.63, 3.8) is 0 Å². The molecule has 1 heterocycles. The predicted octanol–water partition coefficient (Wildman–Crippen LogP) is 2.60. The molecule has 1 aliphatic rings. The Morgan fingerprint density at radius 3 is 2.62 bits per heavy atom. The van der Waals surface area contributed by atoms with Crippen molar-refractivity contribution in [2.45, 2.75) is 38.0 Å². The van der Waals surface area contributed by atoms with E-state index in [1.54, 1.807) is 6.92 Å². The molecule has 1 aromatic rings. The number of hydrogen-bond acceptors (Lipinski definition) is 4. The zero-order chi connectivity index (χ0) is 19.3. The summed E-state index contributed by atoms with van der Waals surface area (Å²) < 4.78 is 12.9. The Hall–Kier alpha value is -2.09. The maximum atomic E-state index is 12.9. The van der Waals surface area contributed by atoms with E-state index < -0.39 is 17.3 Å². The second-order valence-corrected chi connectivity index (χ2v) is 7.85. The van der Waals surface area contributed by atoms with E-state index in [1.165, 1.54) is 29.2 Å². The molecular weight excluding hydrogens is 359 g/mol. The summed E-state index contributed by atoms with van der Waals surface area (Å²) in [7, 11) is 0. The van der Waals surface area contributed by atoms with E-state index >= 15 is 0 Å². The quantitative estimate of drug-likeness (QED) is 0.790. The number of carboxylic acids is 1. The highest BCUT2D eigenvalue weighted by Crippen LogP contribution is 2.25. The molecule has 2 N–H and O–H groups in total. The lowest BCUT2D eigenvalue weighted by Crippen LogP contribution is -2.52. The van der Waals surface area contributed by atoms with Gasteiger partial charge in [0.1, 0.15) is 11.9 Å². The third-order valence-electron chi connectivity index (χ3n) is 4.37. The third-order valence-corrected chi connectivity index (χ3v) is 5.50. The molecule has 0 radical (unpaired) electrons. The molecule has 2 amide bonds. The Kier molecular flexibility index (Phi) is 7.02. The summed E-state index contributed by atoms with van der Waals surface area (Å²) in [5.74, 6) is -1.62. The van der Waals surface area contributed by atoms with Gasteiger partial charge in [0.15, 0.2) is 0 Å². The Morgan fingerprint density at radius 2 is 2.00 bits per heavy atom. The Morgan fingerprint density at radius 1 is 1.35 bits per heavy atom. The number of piperidine rings is 1. The van der Waals surface area contributed by atoms with Gasteiger partial charge in [0.2, 0.25) is 11.8 Å². The molecule has 2 rings (SSSR count). The van der Waals surface area contributed by atoms with Crippen molar-refractivity contribution >= 4 is 35.2 Å². The number of carbonyl (C=O) groups excluding carboxylic acids is 2. The summed E-state index contributed by atoms with van der Waals surface area (Å²) in [5, 5.41) is 11.5. The molecule has 142 valence electrons. The van der Waals surface area contributed by atoms with E-state index in [0.717, 1.165) is 18.2 Å². The molecule has 0 aromatic heterocycles. The van der Waals surface area contributed by atoms with E-state index in [1.807, 2.05) is 6.92 Å². The topological polar surface area (TPSA) is 86.7 Å². The van der Waals surface area contributed by atoms with Crippen LogP contribution in [0.2, 0.25) is 0 Å². The van der Waals surface area contributed by atoms with E-state index in [-0.39, 0.29) is 29.3 Å². The molecule has 1 aliphatic heterocycles. The van der Waals surface area contributed by atoms with Crippen LogP contribution in [0.1, 0.15) is 26.7 Å². The molecule has 0 aliphatic carbocycles. The number of amides is 2. The average Bonchev–Trinajstić information content (AvgIpc) is 2.61. The summed E-state index contributed by atoms with van der Waals surface area (Å²) in [6.07, 6.45) is 1.22. The molecule has 6 nitrogen and oxygen atoms in total. The van der Waals surface area contributed by atoms with Crippen molar-refractivity contribution < 1.29 is 23.9 Å². The monoisotopic (exact) mass is 382 g/mol. The second kappa shape index (κ2) is 9.02. The van der Waals surface area contributed by atoms with Crippen LogP contribution in [0.3, 0.4) is 0 Å². The first-order valence-corrected chi connectivity index (χ1v) is 9.53. The highest BCUT2D eigenvalue weighted by Gasteiger charge is 2.36. The Labute approximate surface area is 156 Å². The first-order valence-electron chi connectivity index (χ1n) is 8.48. The van der Waals surface area contributed by atoms with Crippen LogP contribution in [0.15, 0.2) is 24.3 Å². The maximum absolute atomic E-state index is 12.9. The van der Waals surface area contributed by atoms with E-state index in [9.17, 15) is 23.9 Å². The lowest BCUT2D eigenvalue weighted by Gasteiger charge is -2.37. The van der Waals surface area contributed by atoms with Crippen LogP contribution in [0.4, 0.5) is 10.1 Å². The van der Waals surface area contributed by atoms with Crippen molar-refractivity contribution in [2.75, 3.05) is 17.6 Å².